The van der Waals surface area contributed by atoms with E-state index >= 15 is 0 Å². The molecule has 1 fully saturated rings. The molecule has 0 amide bonds. The van der Waals surface area contributed by atoms with Crippen molar-refractivity contribution in [2.45, 2.75) is 107 Å². The van der Waals surface area contributed by atoms with Crippen molar-refractivity contribution in [2.24, 2.45) is 34.5 Å². The van der Waals surface area contributed by atoms with Crippen LogP contribution in [0.15, 0.2) is 0 Å². The predicted octanol–water partition coefficient (Wildman–Crippen LogP) is 6.80. The summed E-state index contributed by atoms with van der Waals surface area (Å²) in [4.78, 5) is 25.4. The molecule has 1 saturated carbocycles. The molecule has 4 nitrogen and oxygen atoms in total. The average molecular weight is 425 g/mol. The Morgan fingerprint density at radius 2 is 1.07 bits per heavy atom. The molecular weight excluding hydrogens is 376 g/mol. The molecule has 1 rings (SSSR count). The van der Waals surface area contributed by atoms with Crippen molar-refractivity contribution in [3.05, 3.63) is 0 Å². The molecule has 0 bridgehead atoms. The van der Waals surface area contributed by atoms with Crippen LogP contribution in [0.4, 0.5) is 0 Å². The molecule has 0 radical (unpaired) electrons. The van der Waals surface area contributed by atoms with E-state index in [2.05, 4.69) is 55.4 Å². The second-order valence-electron chi connectivity index (χ2n) is 12.1. The molecule has 0 N–H and O–H groups in total. The molecule has 0 aromatic rings. The molecule has 176 valence electrons. The third kappa shape index (κ3) is 11.4. The quantitative estimate of drug-likeness (QED) is 0.362. The molecule has 1 aliphatic carbocycles. The second-order valence-corrected chi connectivity index (χ2v) is 12.1. The van der Waals surface area contributed by atoms with Gasteiger partial charge in [0.2, 0.25) is 0 Å². The first-order valence-corrected chi connectivity index (χ1v) is 12.1. The van der Waals surface area contributed by atoms with E-state index in [9.17, 15) is 9.59 Å². The maximum absolute atomic E-state index is 12.7. The number of carbonyl (C=O) groups is 2. The van der Waals surface area contributed by atoms with Gasteiger partial charge in [-0.2, -0.15) is 0 Å². The van der Waals surface area contributed by atoms with Gasteiger partial charge in [0.15, 0.2) is 0 Å². The van der Waals surface area contributed by atoms with Crippen LogP contribution in [-0.2, 0) is 19.1 Å². The van der Waals surface area contributed by atoms with Gasteiger partial charge in [-0.15, -0.1) is 0 Å². The Morgan fingerprint density at radius 1 is 0.733 bits per heavy atom. The Labute approximate surface area is 185 Å². The zero-order valence-electron chi connectivity index (χ0n) is 21.0. The van der Waals surface area contributed by atoms with Gasteiger partial charge >= 0.3 is 11.9 Å². The lowest BCUT2D eigenvalue weighted by molar-refractivity contribution is -0.163. The molecule has 4 atom stereocenters. The van der Waals surface area contributed by atoms with Crippen LogP contribution in [0.1, 0.15) is 107 Å². The first-order chi connectivity index (χ1) is 13.8. The third-order valence-electron chi connectivity index (χ3n) is 6.00. The van der Waals surface area contributed by atoms with E-state index in [1.165, 1.54) is 0 Å². The number of hydrogen-bond acceptors (Lipinski definition) is 4. The van der Waals surface area contributed by atoms with E-state index in [1.807, 2.05) is 0 Å². The highest BCUT2D eigenvalue weighted by Gasteiger charge is 2.38. The summed E-state index contributed by atoms with van der Waals surface area (Å²) in [6, 6.07) is 0. The van der Waals surface area contributed by atoms with Gasteiger partial charge in [-0.05, 0) is 61.2 Å². The number of esters is 2. The van der Waals surface area contributed by atoms with Crippen LogP contribution in [0.25, 0.3) is 0 Å². The lowest BCUT2D eigenvalue weighted by Crippen LogP contribution is -2.35. The monoisotopic (exact) mass is 424 g/mol. The van der Waals surface area contributed by atoms with Gasteiger partial charge in [0.25, 0.3) is 0 Å². The van der Waals surface area contributed by atoms with Gasteiger partial charge < -0.3 is 9.47 Å². The molecule has 0 aromatic carbocycles. The van der Waals surface area contributed by atoms with E-state index in [4.69, 9.17) is 9.47 Å². The highest BCUT2D eigenvalue weighted by atomic mass is 16.5. The fourth-order valence-corrected chi connectivity index (χ4v) is 4.93. The maximum atomic E-state index is 12.7. The van der Waals surface area contributed by atoms with Gasteiger partial charge in [0.1, 0.15) is 0 Å². The molecule has 0 aliphatic heterocycles. The number of ether oxygens (including phenoxy) is 2. The van der Waals surface area contributed by atoms with Crippen molar-refractivity contribution in [2.75, 3.05) is 13.2 Å². The van der Waals surface area contributed by atoms with E-state index in [0.717, 1.165) is 51.4 Å². The summed E-state index contributed by atoms with van der Waals surface area (Å²) in [7, 11) is 0. The van der Waals surface area contributed by atoms with Gasteiger partial charge in [0.05, 0.1) is 25.0 Å². The highest BCUT2D eigenvalue weighted by molar-refractivity contribution is 5.82. The second kappa shape index (κ2) is 12.1. The molecular formula is C26H48O4. The topological polar surface area (TPSA) is 52.6 Å². The van der Waals surface area contributed by atoms with E-state index in [1.54, 1.807) is 0 Å². The van der Waals surface area contributed by atoms with Gasteiger partial charge in [0, 0.05) is 0 Å². The SMILES string of the molecule is CC(CCOC(=O)C1CCCC[C@@H]1C(=O)OCCC(C)CC(C)(C)C)CC(C)(C)C. The van der Waals surface area contributed by atoms with Crippen molar-refractivity contribution in [3.8, 4) is 0 Å². The Hall–Kier alpha value is -1.06. The van der Waals surface area contributed by atoms with Crippen molar-refractivity contribution in [1.82, 2.24) is 0 Å². The lowest BCUT2D eigenvalue weighted by Gasteiger charge is -2.29. The summed E-state index contributed by atoms with van der Waals surface area (Å²) in [6.07, 6.45) is 7.38. The average Bonchev–Trinajstić information content (AvgIpc) is 2.58. The fourth-order valence-electron chi connectivity index (χ4n) is 4.93. The van der Waals surface area contributed by atoms with Gasteiger partial charge in [-0.3, -0.25) is 9.59 Å². The summed E-state index contributed by atoms with van der Waals surface area (Å²) >= 11 is 0. The van der Waals surface area contributed by atoms with Crippen LogP contribution in [0.5, 0.6) is 0 Å². The minimum Gasteiger partial charge on any atom is -0.465 e. The first-order valence-electron chi connectivity index (χ1n) is 12.1. The van der Waals surface area contributed by atoms with Crippen LogP contribution < -0.4 is 0 Å². The van der Waals surface area contributed by atoms with Crippen molar-refractivity contribution in [3.63, 3.8) is 0 Å². The Morgan fingerprint density at radius 3 is 1.37 bits per heavy atom. The van der Waals surface area contributed by atoms with Gasteiger partial charge in [-0.25, -0.2) is 0 Å². The van der Waals surface area contributed by atoms with Crippen molar-refractivity contribution in [1.29, 1.82) is 0 Å². The Balaban J connectivity index is 2.45. The molecule has 0 spiro atoms. The van der Waals surface area contributed by atoms with Crippen molar-refractivity contribution >= 4 is 11.9 Å². The number of hydrogen-bond donors (Lipinski definition) is 0. The normalized spacial score (nSPS) is 22.3. The van der Waals surface area contributed by atoms with E-state index in [-0.39, 0.29) is 34.6 Å². The Kier molecular flexibility index (Phi) is 10.9. The van der Waals surface area contributed by atoms with Gasteiger partial charge in [-0.1, -0.05) is 68.2 Å². The van der Waals surface area contributed by atoms with Crippen LogP contribution >= 0.6 is 0 Å². The molecule has 1 aliphatic rings. The van der Waals surface area contributed by atoms with E-state index in [0.29, 0.717) is 25.0 Å². The molecule has 0 aromatic heterocycles. The summed E-state index contributed by atoms with van der Waals surface area (Å²) in [5.74, 6) is -0.0613. The molecule has 0 saturated heterocycles. The van der Waals surface area contributed by atoms with Crippen LogP contribution in [0, 0.1) is 34.5 Å². The molecule has 30 heavy (non-hydrogen) atoms. The zero-order valence-corrected chi connectivity index (χ0v) is 21.0. The lowest BCUT2D eigenvalue weighted by atomic mass is 9.79. The third-order valence-corrected chi connectivity index (χ3v) is 6.00. The highest BCUT2D eigenvalue weighted by Crippen LogP contribution is 2.33. The summed E-state index contributed by atoms with van der Waals surface area (Å²) in [5.41, 5.74) is 0.568. The first kappa shape index (κ1) is 27.0. The number of rotatable bonds is 10. The largest absolute Gasteiger partial charge is 0.465 e. The fraction of sp³-hybridized carbons (Fsp3) is 0.923. The smallest absolute Gasteiger partial charge is 0.309 e. The predicted molar refractivity (Wildman–Crippen MR) is 123 cm³/mol. The molecule has 0 heterocycles. The number of carbonyl (C=O) groups excluding carboxylic acids is 2. The summed E-state index contributed by atoms with van der Waals surface area (Å²) in [6.45, 7) is 18.7. The van der Waals surface area contributed by atoms with Crippen LogP contribution in [0.2, 0.25) is 0 Å². The minimum atomic E-state index is -0.337. The minimum absolute atomic E-state index is 0.208. The molecule has 4 heteroatoms. The van der Waals surface area contributed by atoms with E-state index < -0.39 is 0 Å². The van der Waals surface area contributed by atoms with Crippen molar-refractivity contribution < 1.29 is 19.1 Å². The zero-order chi connectivity index (χ0) is 22.9. The van der Waals surface area contributed by atoms with Crippen LogP contribution in [-0.4, -0.2) is 25.2 Å². The maximum Gasteiger partial charge on any atom is 0.309 e. The summed E-state index contributed by atoms with van der Waals surface area (Å²) in [5, 5.41) is 0. The standard InChI is InChI=1S/C26H48O4/c1-19(17-25(3,4)5)13-15-29-23(27)21-11-9-10-12-22(21)24(28)30-16-14-20(2)18-26(6,7)8/h19-22H,9-18H2,1-8H3/t19?,20?,21-,22?/m0/s1. The summed E-state index contributed by atoms with van der Waals surface area (Å²) < 4.78 is 11.2. The Bertz CT molecular complexity index is 478. The van der Waals surface area contributed by atoms with Crippen LogP contribution in [0.3, 0.4) is 0 Å². The molecule has 3 unspecified atom stereocenters.